The minimum atomic E-state index is -0.181. The van der Waals surface area contributed by atoms with Crippen LogP contribution in [0.1, 0.15) is 10.6 Å². The zero-order chi connectivity index (χ0) is 18.1. The SMILES string of the molecule is CN(C)c1cc(N2C[C@H]3[C@H](CNC(=O)c4ccco4)CO[C@H]3C2)ncn1. The van der Waals surface area contributed by atoms with Gasteiger partial charge in [-0.05, 0) is 12.1 Å². The van der Waals surface area contributed by atoms with Crippen LogP contribution < -0.4 is 15.1 Å². The fraction of sp³-hybridized carbons (Fsp3) is 0.500. The summed E-state index contributed by atoms with van der Waals surface area (Å²) in [6.07, 6.45) is 3.28. The zero-order valence-electron chi connectivity index (χ0n) is 15.0. The Labute approximate surface area is 152 Å². The maximum absolute atomic E-state index is 12.1. The average molecular weight is 357 g/mol. The number of carbonyl (C=O) groups excluding carboxylic acids is 1. The van der Waals surface area contributed by atoms with Gasteiger partial charge in [0.1, 0.15) is 18.0 Å². The van der Waals surface area contributed by atoms with Crippen molar-refractivity contribution in [3.63, 3.8) is 0 Å². The lowest BCUT2D eigenvalue weighted by Crippen LogP contribution is -2.34. The fourth-order valence-electron chi connectivity index (χ4n) is 3.67. The van der Waals surface area contributed by atoms with Gasteiger partial charge in [0.25, 0.3) is 5.91 Å². The van der Waals surface area contributed by atoms with Gasteiger partial charge in [-0.2, -0.15) is 0 Å². The molecule has 2 aromatic heterocycles. The summed E-state index contributed by atoms with van der Waals surface area (Å²) in [4.78, 5) is 25.0. The van der Waals surface area contributed by atoms with E-state index in [0.717, 1.165) is 24.7 Å². The average Bonchev–Trinajstić information content (AvgIpc) is 3.37. The molecule has 4 heterocycles. The van der Waals surface area contributed by atoms with Crippen LogP contribution >= 0.6 is 0 Å². The number of fused-ring (bicyclic) bond motifs is 1. The molecule has 8 nitrogen and oxygen atoms in total. The highest BCUT2D eigenvalue weighted by Gasteiger charge is 2.44. The predicted octanol–water partition coefficient (Wildman–Crippen LogP) is 1.02. The van der Waals surface area contributed by atoms with Crippen LogP contribution in [0.3, 0.4) is 0 Å². The Kier molecular flexibility index (Phi) is 4.50. The number of hydrogen-bond donors (Lipinski definition) is 1. The van der Waals surface area contributed by atoms with Crippen molar-refractivity contribution in [2.24, 2.45) is 11.8 Å². The molecule has 8 heteroatoms. The molecular formula is C18H23N5O3. The molecule has 4 rings (SSSR count). The number of anilines is 2. The molecule has 2 fully saturated rings. The molecule has 0 radical (unpaired) electrons. The van der Waals surface area contributed by atoms with Crippen LogP contribution in [0, 0.1) is 11.8 Å². The summed E-state index contributed by atoms with van der Waals surface area (Å²) in [5.74, 6) is 2.63. The molecule has 0 aromatic carbocycles. The van der Waals surface area contributed by atoms with E-state index in [1.165, 1.54) is 6.26 Å². The largest absolute Gasteiger partial charge is 0.459 e. The summed E-state index contributed by atoms with van der Waals surface area (Å²) >= 11 is 0. The van der Waals surface area contributed by atoms with Gasteiger partial charge in [-0.3, -0.25) is 4.79 Å². The van der Waals surface area contributed by atoms with Gasteiger partial charge < -0.3 is 24.3 Å². The lowest BCUT2D eigenvalue weighted by molar-refractivity contribution is 0.0912. The Morgan fingerprint density at radius 1 is 1.38 bits per heavy atom. The van der Waals surface area contributed by atoms with Crippen LogP contribution in [0.15, 0.2) is 35.2 Å². The normalized spacial score (nSPS) is 24.5. The van der Waals surface area contributed by atoms with Gasteiger partial charge in [0.2, 0.25) is 0 Å². The van der Waals surface area contributed by atoms with E-state index in [4.69, 9.17) is 9.15 Å². The smallest absolute Gasteiger partial charge is 0.286 e. The first-order chi connectivity index (χ1) is 12.6. The van der Waals surface area contributed by atoms with E-state index in [1.807, 2.05) is 25.1 Å². The fourth-order valence-corrected chi connectivity index (χ4v) is 3.67. The molecule has 2 saturated heterocycles. The monoisotopic (exact) mass is 357 g/mol. The first kappa shape index (κ1) is 16.8. The third-order valence-corrected chi connectivity index (χ3v) is 5.13. The van der Waals surface area contributed by atoms with E-state index in [-0.39, 0.29) is 12.0 Å². The van der Waals surface area contributed by atoms with E-state index in [0.29, 0.717) is 30.7 Å². The van der Waals surface area contributed by atoms with Crippen molar-refractivity contribution in [3.05, 3.63) is 36.5 Å². The molecule has 1 amide bonds. The molecule has 0 bridgehead atoms. The van der Waals surface area contributed by atoms with Crippen molar-refractivity contribution < 1.29 is 13.9 Å². The Bertz CT molecular complexity index is 764. The van der Waals surface area contributed by atoms with Gasteiger partial charge in [-0.1, -0.05) is 0 Å². The van der Waals surface area contributed by atoms with Crippen molar-refractivity contribution in [1.29, 1.82) is 0 Å². The van der Waals surface area contributed by atoms with E-state index in [1.54, 1.807) is 18.5 Å². The molecular weight excluding hydrogens is 334 g/mol. The summed E-state index contributed by atoms with van der Waals surface area (Å²) in [7, 11) is 3.93. The second-order valence-corrected chi connectivity index (χ2v) is 7.02. The van der Waals surface area contributed by atoms with Crippen molar-refractivity contribution in [1.82, 2.24) is 15.3 Å². The number of amides is 1. The van der Waals surface area contributed by atoms with Gasteiger partial charge in [0.15, 0.2) is 5.76 Å². The molecule has 26 heavy (non-hydrogen) atoms. The molecule has 1 N–H and O–H groups in total. The molecule has 2 aliphatic heterocycles. The number of nitrogens with one attached hydrogen (secondary N) is 1. The van der Waals surface area contributed by atoms with Gasteiger partial charge >= 0.3 is 0 Å². The standard InChI is InChI=1S/C18H23N5O3/c1-22(2)16-6-17(21-11-20-16)23-8-13-12(10-26-15(13)9-23)7-19-18(24)14-4-3-5-25-14/h3-6,11-13,15H,7-10H2,1-2H3,(H,19,24)/t12-,13+,15+/m1/s1. The highest BCUT2D eigenvalue weighted by atomic mass is 16.5. The third-order valence-electron chi connectivity index (χ3n) is 5.13. The van der Waals surface area contributed by atoms with Crippen LogP contribution in [0.2, 0.25) is 0 Å². The topological polar surface area (TPSA) is 83.7 Å². The number of rotatable bonds is 5. The maximum Gasteiger partial charge on any atom is 0.286 e. The van der Waals surface area contributed by atoms with Gasteiger partial charge in [-0.25, -0.2) is 9.97 Å². The Morgan fingerprint density at radius 3 is 3.04 bits per heavy atom. The van der Waals surface area contributed by atoms with Crippen LogP contribution in [0.25, 0.3) is 0 Å². The summed E-state index contributed by atoms with van der Waals surface area (Å²) in [6, 6.07) is 5.37. The molecule has 2 aromatic rings. The Morgan fingerprint density at radius 2 is 2.27 bits per heavy atom. The first-order valence-electron chi connectivity index (χ1n) is 8.79. The van der Waals surface area contributed by atoms with Crippen LogP contribution in [-0.2, 0) is 4.74 Å². The Hall–Kier alpha value is -2.61. The van der Waals surface area contributed by atoms with E-state index in [9.17, 15) is 4.79 Å². The van der Waals surface area contributed by atoms with E-state index >= 15 is 0 Å². The molecule has 2 aliphatic rings. The highest BCUT2D eigenvalue weighted by molar-refractivity contribution is 5.91. The minimum Gasteiger partial charge on any atom is -0.459 e. The molecule has 0 aliphatic carbocycles. The molecule has 3 atom stereocenters. The van der Waals surface area contributed by atoms with Gasteiger partial charge in [0.05, 0.1) is 19.0 Å². The maximum atomic E-state index is 12.1. The van der Waals surface area contributed by atoms with Crippen LogP contribution in [-0.4, -0.2) is 62.3 Å². The second-order valence-electron chi connectivity index (χ2n) is 7.02. The van der Waals surface area contributed by atoms with Gasteiger partial charge in [0, 0.05) is 51.6 Å². The third kappa shape index (κ3) is 3.24. The van der Waals surface area contributed by atoms with E-state index < -0.39 is 0 Å². The number of aromatic nitrogens is 2. The highest BCUT2D eigenvalue weighted by Crippen LogP contribution is 2.35. The summed E-state index contributed by atoms with van der Waals surface area (Å²) < 4.78 is 11.1. The molecule has 138 valence electrons. The Balaban J connectivity index is 1.38. The summed E-state index contributed by atoms with van der Waals surface area (Å²) in [5.41, 5.74) is 0. The molecule has 0 saturated carbocycles. The second kappa shape index (κ2) is 6.95. The summed E-state index contributed by atoms with van der Waals surface area (Å²) in [5, 5.41) is 2.95. The lowest BCUT2D eigenvalue weighted by atomic mass is 9.93. The number of nitrogens with zero attached hydrogens (tertiary/aromatic N) is 4. The summed E-state index contributed by atoms with van der Waals surface area (Å²) in [6.45, 7) is 2.95. The quantitative estimate of drug-likeness (QED) is 0.855. The van der Waals surface area contributed by atoms with Crippen molar-refractivity contribution in [2.45, 2.75) is 6.10 Å². The lowest BCUT2D eigenvalue weighted by Gasteiger charge is -2.21. The minimum absolute atomic E-state index is 0.179. The van der Waals surface area contributed by atoms with E-state index in [2.05, 4.69) is 20.2 Å². The number of hydrogen-bond acceptors (Lipinski definition) is 7. The first-order valence-corrected chi connectivity index (χ1v) is 8.79. The van der Waals surface area contributed by atoms with Gasteiger partial charge in [-0.15, -0.1) is 0 Å². The zero-order valence-corrected chi connectivity index (χ0v) is 15.0. The van der Waals surface area contributed by atoms with Crippen molar-refractivity contribution >= 4 is 17.5 Å². The van der Waals surface area contributed by atoms with Crippen LogP contribution in [0.5, 0.6) is 0 Å². The van der Waals surface area contributed by atoms with Crippen molar-refractivity contribution in [3.8, 4) is 0 Å². The predicted molar refractivity (Wildman–Crippen MR) is 96.3 cm³/mol. The van der Waals surface area contributed by atoms with Crippen LogP contribution in [0.4, 0.5) is 11.6 Å². The molecule has 0 unspecified atom stereocenters. The number of carbonyl (C=O) groups is 1. The number of furan rings is 1. The number of ether oxygens (including phenoxy) is 1. The van der Waals surface area contributed by atoms with Crippen molar-refractivity contribution in [2.75, 3.05) is 50.1 Å². The molecule has 0 spiro atoms.